The van der Waals surface area contributed by atoms with Crippen LogP contribution in [-0.4, -0.2) is 24.8 Å². The summed E-state index contributed by atoms with van der Waals surface area (Å²) in [6, 6.07) is 0.884. The van der Waals surface area contributed by atoms with E-state index in [1.165, 1.54) is 13.2 Å². The normalized spacial score (nSPS) is 12.6. The number of ether oxygens (including phenoxy) is 1. The van der Waals surface area contributed by atoms with Crippen molar-refractivity contribution in [2.24, 2.45) is 5.73 Å². The van der Waals surface area contributed by atoms with Gasteiger partial charge in [-0.25, -0.2) is 4.79 Å². The van der Waals surface area contributed by atoms with E-state index >= 15 is 0 Å². The first-order valence-electron chi connectivity index (χ1n) is 4.15. The highest BCUT2D eigenvalue weighted by Crippen LogP contribution is 2.19. The van der Waals surface area contributed by atoms with Gasteiger partial charge in [0.25, 0.3) is 0 Å². The van der Waals surface area contributed by atoms with Crippen LogP contribution in [-0.2, 0) is 4.74 Å². The number of carbonyl (C=O) groups excluding carboxylic acids is 1. The Balaban J connectivity index is 2.98. The van der Waals surface area contributed by atoms with Crippen LogP contribution in [0.15, 0.2) is 10.5 Å². The van der Waals surface area contributed by atoms with E-state index in [0.717, 1.165) is 0 Å². The predicted molar refractivity (Wildman–Crippen MR) is 48.8 cm³/mol. The van der Waals surface area contributed by atoms with Gasteiger partial charge in [0, 0.05) is 0 Å². The van der Waals surface area contributed by atoms with Gasteiger partial charge in [0.15, 0.2) is 0 Å². The molecule has 0 spiro atoms. The Morgan fingerprint density at radius 1 is 1.79 bits per heavy atom. The number of methoxy groups -OCH3 is 1. The third-order valence-corrected chi connectivity index (χ3v) is 1.90. The molecular formula is C9H13NO4. The summed E-state index contributed by atoms with van der Waals surface area (Å²) in [5, 5.41) is 8.78. The highest BCUT2D eigenvalue weighted by molar-refractivity contribution is 5.90. The summed E-state index contributed by atoms with van der Waals surface area (Å²) in [5.41, 5.74) is 5.86. The van der Waals surface area contributed by atoms with Gasteiger partial charge in [-0.2, -0.15) is 0 Å². The van der Waals surface area contributed by atoms with Gasteiger partial charge >= 0.3 is 5.97 Å². The van der Waals surface area contributed by atoms with E-state index in [9.17, 15) is 4.79 Å². The summed E-state index contributed by atoms with van der Waals surface area (Å²) < 4.78 is 9.75. The molecule has 5 heteroatoms. The number of rotatable bonds is 3. The average molecular weight is 199 g/mol. The Morgan fingerprint density at radius 2 is 2.43 bits per heavy atom. The van der Waals surface area contributed by atoms with Gasteiger partial charge in [0.2, 0.25) is 0 Å². The Morgan fingerprint density at radius 3 is 2.93 bits per heavy atom. The third-order valence-electron chi connectivity index (χ3n) is 1.90. The molecular weight excluding hydrogens is 186 g/mol. The summed E-state index contributed by atoms with van der Waals surface area (Å²) in [5.74, 6) is 0.351. The molecule has 0 aromatic carbocycles. The van der Waals surface area contributed by atoms with Crippen LogP contribution in [0.2, 0.25) is 0 Å². The molecule has 0 saturated heterocycles. The van der Waals surface area contributed by atoms with E-state index in [0.29, 0.717) is 17.1 Å². The van der Waals surface area contributed by atoms with E-state index < -0.39 is 12.0 Å². The lowest BCUT2D eigenvalue weighted by Gasteiger charge is -2.01. The maximum atomic E-state index is 11.2. The van der Waals surface area contributed by atoms with Crippen LogP contribution in [0.4, 0.5) is 0 Å². The molecule has 1 unspecified atom stereocenters. The average Bonchev–Trinajstić information content (AvgIpc) is 2.58. The Hall–Kier alpha value is -1.33. The fraction of sp³-hybridized carbons (Fsp3) is 0.444. The van der Waals surface area contributed by atoms with Crippen molar-refractivity contribution in [1.29, 1.82) is 0 Å². The van der Waals surface area contributed by atoms with E-state index in [1.54, 1.807) is 6.92 Å². The van der Waals surface area contributed by atoms with Crippen LogP contribution >= 0.6 is 0 Å². The molecule has 0 amide bonds. The number of nitrogens with two attached hydrogens (primary N) is 1. The zero-order valence-corrected chi connectivity index (χ0v) is 8.11. The molecule has 1 aromatic rings. The third kappa shape index (κ3) is 1.94. The molecule has 0 aliphatic heterocycles. The maximum Gasteiger partial charge on any atom is 0.341 e. The number of hydrogen-bond acceptors (Lipinski definition) is 5. The first-order chi connectivity index (χ1) is 6.60. The number of aliphatic hydroxyl groups excluding tert-OH is 1. The summed E-state index contributed by atoms with van der Waals surface area (Å²) in [4.78, 5) is 11.2. The fourth-order valence-electron chi connectivity index (χ4n) is 1.09. The molecule has 0 saturated carbocycles. The molecule has 1 atom stereocenters. The SMILES string of the molecule is COC(=O)c1cc(C(N)CO)oc1C. The number of aryl methyl sites for hydroxylation is 1. The van der Waals surface area contributed by atoms with Crippen LogP contribution in [0.25, 0.3) is 0 Å². The van der Waals surface area contributed by atoms with Crippen molar-refractivity contribution >= 4 is 5.97 Å². The topological polar surface area (TPSA) is 85.7 Å². The zero-order chi connectivity index (χ0) is 10.7. The predicted octanol–water partition coefficient (Wildman–Crippen LogP) is 0.367. The van der Waals surface area contributed by atoms with Crippen molar-refractivity contribution < 1.29 is 19.1 Å². The van der Waals surface area contributed by atoms with Gasteiger partial charge in [-0.3, -0.25) is 0 Å². The Labute approximate surface area is 81.5 Å². The van der Waals surface area contributed by atoms with Gasteiger partial charge < -0.3 is 20.0 Å². The molecule has 1 aromatic heterocycles. The zero-order valence-electron chi connectivity index (χ0n) is 8.11. The number of furan rings is 1. The maximum absolute atomic E-state index is 11.2. The minimum absolute atomic E-state index is 0.229. The van der Waals surface area contributed by atoms with Crippen molar-refractivity contribution in [1.82, 2.24) is 0 Å². The van der Waals surface area contributed by atoms with Crippen LogP contribution in [0.3, 0.4) is 0 Å². The monoisotopic (exact) mass is 199 g/mol. The van der Waals surface area contributed by atoms with Crippen LogP contribution in [0.5, 0.6) is 0 Å². The lowest BCUT2D eigenvalue weighted by molar-refractivity contribution is 0.0599. The second kappa shape index (κ2) is 4.26. The molecule has 3 N–H and O–H groups in total. The molecule has 14 heavy (non-hydrogen) atoms. The second-order valence-corrected chi connectivity index (χ2v) is 2.90. The van der Waals surface area contributed by atoms with E-state index in [2.05, 4.69) is 4.74 Å². The minimum atomic E-state index is -0.605. The number of esters is 1. The van der Waals surface area contributed by atoms with Crippen LogP contribution in [0, 0.1) is 6.92 Å². The smallest absolute Gasteiger partial charge is 0.341 e. The molecule has 0 bridgehead atoms. The van der Waals surface area contributed by atoms with Gasteiger partial charge in [-0.05, 0) is 13.0 Å². The minimum Gasteiger partial charge on any atom is -0.465 e. The molecule has 5 nitrogen and oxygen atoms in total. The van der Waals surface area contributed by atoms with Crippen molar-refractivity contribution in [2.75, 3.05) is 13.7 Å². The first-order valence-corrected chi connectivity index (χ1v) is 4.15. The van der Waals surface area contributed by atoms with Crippen molar-refractivity contribution in [3.05, 3.63) is 23.2 Å². The standard InChI is InChI=1S/C9H13NO4/c1-5-6(9(12)13-2)3-8(14-5)7(10)4-11/h3,7,11H,4,10H2,1-2H3. The van der Waals surface area contributed by atoms with Crippen molar-refractivity contribution in [3.63, 3.8) is 0 Å². The number of carbonyl (C=O) groups is 1. The van der Waals surface area contributed by atoms with E-state index in [4.69, 9.17) is 15.3 Å². The number of aliphatic hydroxyl groups is 1. The quantitative estimate of drug-likeness (QED) is 0.687. The molecule has 1 rings (SSSR count). The van der Waals surface area contributed by atoms with Gasteiger partial charge in [0.05, 0.1) is 19.8 Å². The summed E-state index contributed by atoms with van der Waals surface area (Å²) in [6.45, 7) is 1.41. The fourth-order valence-corrected chi connectivity index (χ4v) is 1.09. The molecule has 0 aliphatic rings. The molecule has 78 valence electrons. The van der Waals surface area contributed by atoms with E-state index in [-0.39, 0.29) is 6.61 Å². The van der Waals surface area contributed by atoms with E-state index in [1.807, 2.05) is 0 Å². The number of hydrogen-bond donors (Lipinski definition) is 2. The Kier molecular flexibility index (Phi) is 3.27. The largest absolute Gasteiger partial charge is 0.465 e. The highest BCUT2D eigenvalue weighted by Gasteiger charge is 2.18. The molecule has 0 radical (unpaired) electrons. The van der Waals surface area contributed by atoms with Gasteiger partial charge in [-0.1, -0.05) is 0 Å². The lowest BCUT2D eigenvalue weighted by Crippen LogP contribution is -2.13. The van der Waals surface area contributed by atoms with Crippen LogP contribution < -0.4 is 5.73 Å². The lowest BCUT2D eigenvalue weighted by atomic mass is 10.2. The van der Waals surface area contributed by atoms with Gasteiger partial charge in [-0.15, -0.1) is 0 Å². The highest BCUT2D eigenvalue weighted by atomic mass is 16.5. The van der Waals surface area contributed by atoms with Gasteiger partial charge in [0.1, 0.15) is 17.1 Å². The summed E-state index contributed by atoms with van der Waals surface area (Å²) in [7, 11) is 1.29. The molecule has 1 heterocycles. The summed E-state index contributed by atoms with van der Waals surface area (Å²) >= 11 is 0. The Bertz CT molecular complexity index is 332. The molecule has 0 aliphatic carbocycles. The first kappa shape index (κ1) is 10.7. The van der Waals surface area contributed by atoms with Crippen molar-refractivity contribution in [3.8, 4) is 0 Å². The van der Waals surface area contributed by atoms with Crippen LogP contribution in [0.1, 0.15) is 27.9 Å². The second-order valence-electron chi connectivity index (χ2n) is 2.90. The summed E-state index contributed by atoms with van der Waals surface area (Å²) in [6.07, 6.45) is 0. The molecule has 0 fully saturated rings. The van der Waals surface area contributed by atoms with Crippen molar-refractivity contribution in [2.45, 2.75) is 13.0 Å².